The molecule has 2 heterocycles. The fourth-order valence-electron chi connectivity index (χ4n) is 2.81. The van der Waals surface area contributed by atoms with Crippen LogP contribution in [0.3, 0.4) is 0 Å². The van der Waals surface area contributed by atoms with Crippen molar-refractivity contribution in [1.82, 2.24) is 14.8 Å². The highest BCUT2D eigenvalue weighted by atomic mass is 16.6. The SMILES string of the molecule is CN(CC(=O)c1ccc[nH]1)C[C@@H]1CCN(C(=O)OC(C)(C)C)C1. The van der Waals surface area contributed by atoms with Crippen molar-refractivity contribution in [2.45, 2.75) is 32.8 Å². The van der Waals surface area contributed by atoms with E-state index in [2.05, 4.69) is 4.98 Å². The Balaban J connectivity index is 1.76. The van der Waals surface area contributed by atoms with Gasteiger partial charge in [0.15, 0.2) is 5.78 Å². The highest BCUT2D eigenvalue weighted by molar-refractivity contribution is 5.95. The number of Topliss-reactive ketones (excluding diaryl/α,β-unsaturated/α-hetero) is 1. The molecule has 128 valence electrons. The molecule has 0 unspecified atom stereocenters. The topological polar surface area (TPSA) is 65.6 Å². The number of aromatic nitrogens is 1. The number of aromatic amines is 1. The maximum atomic E-state index is 12.1. The molecule has 0 bridgehead atoms. The van der Waals surface area contributed by atoms with Gasteiger partial charge in [0.1, 0.15) is 5.60 Å². The molecule has 1 amide bonds. The lowest BCUT2D eigenvalue weighted by molar-refractivity contribution is 0.0285. The maximum Gasteiger partial charge on any atom is 0.410 e. The van der Waals surface area contributed by atoms with Crippen molar-refractivity contribution >= 4 is 11.9 Å². The number of H-pyrrole nitrogens is 1. The second-order valence-electron chi connectivity index (χ2n) is 7.28. The number of ether oxygens (including phenoxy) is 1. The van der Waals surface area contributed by atoms with E-state index in [1.165, 1.54) is 0 Å². The zero-order valence-electron chi connectivity index (χ0n) is 14.5. The smallest absolute Gasteiger partial charge is 0.410 e. The van der Waals surface area contributed by atoms with E-state index in [1.807, 2.05) is 38.8 Å². The standard InChI is InChI=1S/C17H27N3O3/c1-17(2,3)23-16(22)20-9-7-13(11-20)10-19(4)12-15(21)14-6-5-8-18-14/h5-6,8,13,18H,7,9-12H2,1-4H3/t13-/m0/s1. The minimum Gasteiger partial charge on any atom is -0.444 e. The van der Waals surface area contributed by atoms with Gasteiger partial charge in [-0.25, -0.2) is 4.79 Å². The quantitative estimate of drug-likeness (QED) is 0.846. The summed E-state index contributed by atoms with van der Waals surface area (Å²) in [5, 5.41) is 0. The minimum atomic E-state index is -0.464. The van der Waals surface area contributed by atoms with E-state index in [4.69, 9.17) is 4.74 Å². The van der Waals surface area contributed by atoms with E-state index >= 15 is 0 Å². The Hall–Kier alpha value is -1.82. The molecule has 0 spiro atoms. The summed E-state index contributed by atoms with van der Waals surface area (Å²) in [5.41, 5.74) is 0.174. The normalized spacial score (nSPS) is 18.5. The van der Waals surface area contributed by atoms with Gasteiger partial charge in [0.25, 0.3) is 0 Å². The first-order valence-electron chi connectivity index (χ1n) is 8.07. The Bertz CT molecular complexity index is 534. The lowest BCUT2D eigenvalue weighted by Crippen LogP contribution is -2.37. The molecule has 0 aromatic carbocycles. The van der Waals surface area contributed by atoms with Crippen LogP contribution in [0, 0.1) is 5.92 Å². The third kappa shape index (κ3) is 5.39. The zero-order chi connectivity index (χ0) is 17.0. The van der Waals surface area contributed by atoms with Gasteiger partial charge in [-0.15, -0.1) is 0 Å². The first kappa shape index (κ1) is 17.5. The zero-order valence-corrected chi connectivity index (χ0v) is 14.5. The lowest BCUT2D eigenvalue weighted by atomic mass is 10.1. The Morgan fingerprint density at radius 3 is 2.78 bits per heavy atom. The number of amides is 1. The van der Waals surface area contributed by atoms with Crippen molar-refractivity contribution < 1.29 is 14.3 Å². The predicted molar refractivity (Wildman–Crippen MR) is 88.5 cm³/mol. The molecule has 1 atom stereocenters. The average Bonchev–Trinajstić information content (AvgIpc) is 3.07. The summed E-state index contributed by atoms with van der Waals surface area (Å²) in [7, 11) is 1.94. The van der Waals surface area contributed by atoms with E-state index in [0.717, 1.165) is 19.5 Å². The van der Waals surface area contributed by atoms with Crippen LogP contribution in [0.25, 0.3) is 0 Å². The van der Waals surface area contributed by atoms with Gasteiger partial charge >= 0.3 is 6.09 Å². The molecule has 1 aliphatic rings. The summed E-state index contributed by atoms with van der Waals surface area (Å²) in [6.45, 7) is 8.21. The van der Waals surface area contributed by atoms with Gasteiger partial charge in [-0.05, 0) is 52.3 Å². The maximum absolute atomic E-state index is 12.1. The average molecular weight is 321 g/mol. The number of nitrogens with zero attached hydrogens (tertiary/aromatic N) is 2. The first-order valence-corrected chi connectivity index (χ1v) is 8.07. The van der Waals surface area contributed by atoms with Crippen LogP contribution in [0.5, 0.6) is 0 Å². The van der Waals surface area contributed by atoms with Crippen molar-refractivity contribution in [3.05, 3.63) is 24.0 Å². The molecule has 1 aliphatic heterocycles. The number of ketones is 1. The lowest BCUT2D eigenvalue weighted by Gasteiger charge is -2.25. The molecule has 1 N–H and O–H groups in total. The van der Waals surface area contributed by atoms with E-state index in [1.54, 1.807) is 17.2 Å². The summed E-state index contributed by atoms with van der Waals surface area (Å²) in [5.74, 6) is 0.462. The third-order valence-electron chi connectivity index (χ3n) is 3.82. The number of nitrogens with one attached hydrogen (secondary N) is 1. The van der Waals surface area contributed by atoms with Gasteiger partial charge in [0.2, 0.25) is 0 Å². The van der Waals surface area contributed by atoms with E-state index < -0.39 is 5.60 Å². The first-order chi connectivity index (χ1) is 10.7. The van der Waals surface area contributed by atoms with Crippen molar-refractivity contribution in [1.29, 1.82) is 0 Å². The fourth-order valence-corrected chi connectivity index (χ4v) is 2.81. The summed E-state index contributed by atoms with van der Waals surface area (Å²) >= 11 is 0. The number of likely N-dealkylation sites (tertiary alicyclic amines) is 1. The Labute approximate surface area is 137 Å². The van der Waals surface area contributed by atoms with Gasteiger partial charge in [-0.2, -0.15) is 0 Å². The molecule has 1 aromatic heterocycles. The molecular formula is C17H27N3O3. The number of hydrogen-bond donors (Lipinski definition) is 1. The van der Waals surface area contributed by atoms with Crippen LogP contribution in [0.1, 0.15) is 37.7 Å². The molecule has 23 heavy (non-hydrogen) atoms. The van der Waals surface area contributed by atoms with Crippen LogP contribution >= 0.6 is 0 Å². The Morgan fingerprint density at radius 1 is 1.43 bits per heavy atom. The van der Waals surface area contributed by atoms with Crippen LogP contribution < -0.4 is 0 Å². The molecule has 6 heteroatoms. The largest absolute Gasteiger partial charge is 0.444 e. The van der Waals surface area contributed by atoms with Crippen molar-refractivity contribution in [3.8, 4) is 0 Å². The third-order valence-corrected chi connectivity index (χ3v) is 3.82. The molecule has 1 saturated heterocycles. The summed E-state index contributed by atoms with van der Waals surface area (Å²) in [6, 6.07) is 3.61. The summed E-state index contributed by atoms with van der Waals surface area (Å²) < 4.78 is 5.40. The number of carbonyl (C=O) groups excluding carboxylic acids is 2. The molecule has 1 fully saturated rings. The number of hydrogen-bond acceptors (Lipinski definition) is 4. The molecule has 2 rings (SSSR count). The van der Waals surface area contributed by atoms with Gasteiger partial charge in [0, 0.05) is 25.8 Å². The molecule has 0 aliphatic carbocycles. The van der Waals surface area contributed by atoms with E-state index in [0.29, 0.717) is 24.7 Å². The molecular weight excluding hydrogens is 294 g/mol. The molecule has 0 saturated carbocycles. The number of carbonyl (C=O) groups is 2. The van der Waals surface area contributed by atoms with Gasteiger partial charge in [-0.3, -0.25) is 9.69 Å². The van der Waals surface area contributed by atoms with Crippen molar-refractivity contribution in [3.63, 3.8) is 0 Å². The highest BCUT2D eigenvalue weighted by Gasteiger charge is 2.30. The van der Waals surface area contributed by atoms with Crippen LogP contribution in [0.4, 0.5) is 4.79 Å². The second-order valence-corrected chi connectivity index (χ2v) is 7.28. The fraction of sp³-hybridized carbons (Fsp3) is 0.647. The number of likely N-dealkylation sites (N-methyl/N-ethyl adjacent to an activating group) is 1. The molecule has 6 nitrogen and oxygen atoms in total. The van der Waals surface area contributed by atoms with Crippen LogP contribution in [0.2, 0.25) is 0 Å². The van der Waals surface area contributed by atoms with Crippen molar-refractivity contribution in [2.24, 2.45) is 5.92 Å². The van der Waals surface area contributed by atoms with Gasteiger partial charge < -0.3 is 14.6 Å². The molecule has 0 radical (unpaired) electrons. The summed E-state index contributed by atoms with van der Waals surface area (Å²) in [4.78, 5) is 30.8. The van der Waals surface area contributed by atoms with E-state index in [9.17, 15) is 9.59 Å². The number of rotatable bonds is 5. The van der Waals surface area contributed by atoms with E-state index in [-0.39, 0.29) is 11.9 Å². The van der Waals surface area contributed by atoms with Gasteiger partial charge in [-0.1, -0.05) is 0 Å². The van der Waals surface area contributed by atoms with Crippen LogP contribution in [-0.4, -0.2) is 65.5 Å². The van der Waals surface area contributed by atoms with Gasteiger partial charge in [0.05, 0.1) is 12.2 Å². The Kier molecular flexibility index (Phi) is 5.46. The Morgan fingerprint density at radius 2 is 2.17 bits per heavy atom. The molecule has 1 aromatic rings. The monoisotopic (exact) mass is 321 g/mol. The van der Waals surface area contributed by atoms with Crippen molar-refractivity contribution in [2.75, 3.05) is 33.2 Å². The van der Waals surface area contributed by atoms with Crippen LogP contribution in [-0.2, 0) is 4.74 Å². The minimum absolute atomic E-state index is 0.0829. The summed E-state index contributed by atoms with van der Waals surface area (Å²) in [6.07, 6.45) is 2.45. The predicted octanol–water partition coefficient (Wildman–Crippen LogP) is 2.39. The second kappa shape index (κ2) is 7.17. The highest BCUT2D eigenvalue weighted by Crippen LogP contribution is 2.20. The van der Waals surface area contributed by atoms with Crippen LogP contribution in [0.15, 0.2) is 18.3 Å².